The average molecular weight is 1380 g/mol. The third-order valence-corrected chi connectivity index (χ3v) is 13.9. The fraction of sp³-hybridized carbons (Fsp3) is 0.651. The standard InChI is InChI=1S/C36H60N6O13.C27H45N5O10/c1-25(42-36(50)29(37)19-26-6-8-28(44)9-7-26)31(45)20-27(32(46)21-41-30(22-43)35(38)49)5-3-4-10-39-33(47)23-54-17-15-52-12-11-40-34(48)24-55-18-16-53-14-13-51-2;1-19(24(35)16-30-23(17-33)25(29)36)31-26(37)22(15-20-5-7-21(34)8-6-20)32-27(38)42-18-41-11-4-2-3-10-39-13-14-40-12-9-28/h6-9,25,27,29-30,41,43-44H,3-5,10-24,37H2,1-2H3,(H2,38,49)(H,39,47)(H,40,48)(H,42,50);5-8,19,22-23,30,33-34H,2-4,9-18,28H2,1H3,(H2,29,36)(H,31,37)(H,32,38)/t25-,27-,29+,30+;19-,22+,23+/m11/s1. The van der Waals surface area contributed by atoms with Crippen molar-refractivity contribution in [2.24, 2.45) is 28.9 Å². The van der Waals surface area contributed by atoms with Crippen LogP contribution >= 0.6 is 0 Å². The van der Waals surface area contributed by atoms with Crippen molar-refractivity contribution in [3.05, 3.63) is 59.7 Å². The van der Waals surface area contributed by atoms with E-state index in [0.717, 1.165) is 24.8 Å². The van der Waals surface area contributed by atoms with Crippen LogP contribution < -0.4 is 60.2 Å². The van der Waals surface area contributed by atoms with Gasteiger partial charge in [-0.3, -0.25) is 53.8 Å². The fourth-order valence-corrected chi connectivity index (χ4v) is 8.25. The first-order valence-electron chi connectivity index (χ1n) is 32.0. The van der Waals surface area contributed by atoms with Crippen molar-refractivity contribution in [1.29, 1.82) is 0 Å². The highest BCUT2D eigenvalue weighted by atomic mass is 16.7. The van der Waals surface area contributed by atoms with Crippen LogP contribution in [-0.2, 0) is 98.6 Å². The van der Waals surface area contributed by atoms with Crippen molar-refractivity contribution >= 4 is 58.9 Å². The van der Waals surface area contributed by atoms with Crippen LogP contribution in [0.1, 0.15) is 69.9 Å². The zero-order chi connectivity index (χ0) is 72.0. The van der Waals surface area contributed by atoms with Gasteiger partial charge in [-0.05, 0) is 87.8 Å². The number of hydrogen-bond donors (Lipinski definition) is 15. The van der Waals surface area contributed by atoms with Crippen molar-refractivity contribution in [3.63, 3.8) is 0 Å². The number of carbonyl (C=O) groups excluding carboxylic acids is 10. The summed E-state index contributed by atoms with van der Waals surface area (Å²) in [7, 11) is 1.58. The quantitative estimate of drug-likeness (QED) is 0.0223. The van der Waals surface area contributed by atoms with Gasteiger partial charge in [0.15, 0.2) is 18.4 Å². The number of Topliss-reactive ketones (excluding diaryl/α,β-unsaturated/α-hetero) is 3. The molecule has 0 bridgehead atoms. The maximum absolute atomic E-state index is 13.1. The van der Waals surface area contributed by atoms with Crippen molar-refractivity contribution in [3.8, 4) is 11.5 Å². The Morgan fingerprint density at radius 2 is 0.969 bits per heavy atom. The second-order valence-corrected chi connectivity index (χ2v) is 21.9. The molecular weight excluding hydrogens is 1280 g/mol. The minimum Gasteiger partial charge on any atom is -0.508 e. The average Bonchev–Trinajstić information content (AvgIpc) is 0.928. The predicted octanol–water partition coefficient (Wildman–Crippen LogP) is -3.86. The summed E-state index contributed by atoms with van der Waals surface area (Å²) in [4.78, 5) is 123. The molecule has 34 heteroatoms. The van der Waals surface area contributed by atoms with Crippen LogP contribution in [0.15, 0.2) is 48.5 Å². The van der Waals surface area contributed by atoms with Crippen LogP contribution in [0.5, 0.6) is 11.5 Å². The highest BCUT2D eigenvalue weighted by Crippen LogP contribution is 2.17. The number of aliphatic hydroxyl groups excluding tert-OH is 2. The highest BCUT2D eigenvalue weighted by molar-refractivity contribution is 5.95. The Morgan fingerprint density at radius 1 is 0.495 bits per heavy atom. The van der Waals surface area contributed by atoms with Crippen LogP contribution in [0.25, 0.3) is 0 Å². The first kappa shape index (κ1) is 87.6. The Hall–Kier alpha value is -7.42. The lowest BCUT2D eigenvalue weighted by Gasteiger charge is -2.21. The molecule has 34 nitrogen and oxygen atoms in total. The summed E-state index contributed by atoms with van der Waals surface area (Å²) < 4.78 is 47.0. The number of aromatic hydroxyl groups is 2. The van der Waals surface area contributed by atoms with Gasteiger partial charge < -0.3 is 113 Å². The van der Waals surface area contributed by atoms with E-state index in [0.29, 0.717) is 84.4 Å². The van der Waals surface area contributed by atoms with E-state index in [-0.39, 0.29) is 121 Å². The number of aliphatic hydroxyl groups is 2. The lowest BCUT2D eigenvalue weighted by Crippen LogP contribution is -2.54. The largest absolute Gasteiger partial charge is 0.508 e. The number of amides is 7. The number of nitrogens with two attached hydrogens (primary N) is 4. The molecule has 0 saturated heterocycles. The van der Waals surface area contributed by atoms with Gasteiger partial charge in [-0.2, -0.15) is 0 Å². The maximum atomic E-state index is 13.1. The van der Waals surface area contributed by atoms with Gasteiger partial charge in [-0.15, -0.1) is 0 Å². The van der Waals surface area contributed by atoms with E-state index in [1.165, 1.54) is 38.1 Å². The number of carbonyl (C=O) groups is 10. The molecule has 97 heavy (non-hydrogen) atoms. The number of hydrogen-bond acceptors (Lipinski definition) is 27. The monoisotopic (exact) mass is 1380 g/mol. The molecule has 0 spiro atoms. The Bertz CT molecular complexity index is 2560. The van der Waals surface area contributed by atoms with Gasteiger partial charge in [0, 0.05) is 52.1 Å². The molecule has 19 N–H and O–H groups in total. The van der Waals surface area contributed by atoms with Gasteiger partial charge in [0.2, 0.25) is 35.4 Å². The number of phenols is 2. The third kappa shape index (κ3) is 44.9. The molecule has 2 aromatic carbocycles. The van der Waals surface area contributed by atoms with Crippen LogP contribution in [-0.4, -0.2) is 268 Å². The lowest BCUT2D eigenvalue weighted by molar-refractivity contribution is -0.131. The number of methoxy groups -OCH3 is 1. The molecule has 0 aromatic heterocycles. The minimum atomic E-state index is -1.14. The summed E-state index contributed by atoms with van der Waals surface area (Å²) >= 11 is 0. The van der Waals surface area contributed by atoms with E-state index in [1.54, 1.807) is 31.4 Å². The number of unbranched alkanes of at least 4 members (excludes halogenated alkanes) is 3. The van der Waals surface area contributed by atoms with Crippen LogP contribution in [0.3, 0.4) is 0 Å². The van der Waals surface area contributed by atoms with E-state index in [4.69, 9.17) is 70.7 Å². The van der Waals surface area contributed by atoms with Gasteiger partial charge in [-0.1, -0.05) is 30.7 Å². The van der Waals surface area contributed by atoms with Crippen LogP contribution in [0.2, 0.25) is 0 Å². The Morgan fingerprint density at radius 3 is 1.52 bits per heavy atom. The summed E-state index contributed by atoms with van der Waals surface area (Å²) in [5, 5.41) is 55.6. The number of ketones is 3. The number of primary amides is 2. The number of alkyl carbamates (subject to hydrolysis) is 1. The minimum absolute atomic E-state index is 0.0357. The van der Waals surface area contributed by atoms with Gasteiger partial charge >= 0.3 is 6.09 Å². The van der Waals surface area contributed by atoms with Crippen LogP contribution in [0, 0.1) is 5.92 Å². The van der Waals surface area contributed by atoms with E-state index in [1.807, 2.05) is 0 Å². The Kier molecular flexibility index (Phi) is 50.2. The van der Waals surface area contributed by atoms with E-state index >= 15 is 0 Å². The van der Waals surface area contributed by atoms with Crippen molar-refractivity contribution < 1.29 is 111 Å². The molecule has 2 rings (SSSR count). The van der Waals surface area contributed by atoms with E-state index in [2.05, 4.69) is 37.2 Å². The molecule has 7 amide bonds. The summed E-state index contributed by atoms with van der Waals surface area (Å²) in [6.07, 6.45) is 2.78. The topological polar surface area (TPSA) is 523 Å². The summed E-state index contributed by atoms with van der Waals surface area (Å²) in [6, 6.07) is 6.01. The first-order chi connectivity index (χ1) is 46.5. The molecule has 0 unspecified atom stereocenters. The molecule has 2 aromatic rings. The SMILES string of the molecule is COCCOCCOCC(=O)NCCOCCOCC(=O)NCCCC[C@H](CC(=O)[C@@H](C)NC(=O)[C@@H](N)Cc1ccc(O)cc1)C(=O)CN[C@@H](CO)C(N)=O.C[C@@H](NC(=O)[C@H](Cc1ccc(O)cc1)NC(=O)OCOCCCCCOCCOCCN)C(=O)CN[C@@H](CO)C(N)=O. The smallest absolute Gasteiger partial charge is 0.409 e. The number of phenolic OH excluding ortho intramolecular Hbond substituents is 2. The normalized spacial score (nSPS) is 13.2. The Labute approximate surface area is 565 Å². The van der Waals surface area contributed by atoms with Crippen molar-refractivity contribution in [1.82, 2.24) is 37.2 Å². The summed E-state index contributed by atoms with van der Waals surface area (Å²) in [5.41, 5.74) is 23.1. The maximum Gasteiger partial charge on any atom is 0.409 e. The number of benzene rings is 2. The van der Waals surface area contributed by atoms with E-state index in [9.17, 15) is 63.3 Å². The van der Waals surface area contributed by atoms with E-state index < -0.39 is 96.7 Å². The fourth-order valence-electron chi connectivity index (χ4n) is 8.25. The summed E-state index contributed by atoms with van der Waals surface area (Å²) in [6.45, 7) is 6.28. The molecule has 7 atom stereocenters. The van der Waals surface area contributed by atoms with Crippen LogP contribution in [0.4, 0.5) is 4.79 Å². The summed E-state index contributed by atoms with van der Waals surface area (Å²) in [5.74, 6) is -5.46. The molecule has 0 saturated carbocycles. The number of nitrogens with one attached hydrogen (secondary N) is 7. The van der Waals surface area contributed by atoms with Gasteiger partial charge in [0.05, 0.1) is 117 Å². The number of ether oxygens (including phenoxy) is 9. The molecule has 0 radical (unpaired) electrons. The zero-order valence-electron chi connectivity index (χ0n) is 55.9. The van der Waals surface area contributed by atoms with Gasteiger partial charge in [0.1, 0.15) is 48.6 Å². The molecule has 550 valence electrons. The molecule has 0 aliphatic heterocycles. The lowest BCUT2D eigenvalue weighted by atomic mass is 9.90. The second kappa shape index (κ2) is 55.6. The molecule has 0 aliphatic carbocycles. The predicted molar refractivity (Wildman–Crippen MR) is 350 cm³/mol. The Balaban J connectivity index is 0.00000101. The van der Waals surface area contributed by atoms with Crippen molar-refractivity contribution in [2.45, 2.75) is 108 Å². The van der Waals surface area contributed by atoms with Gasteiger partial charge in [0.25, 0.3) is 0 Å². The second-order valence-electron chi connectivity index (χ2n) is 21.9. The molecular formula is C63H105N11O23. The van der Waals surface area contributed by atoms with Gasteiger partial charge in [-0.25, -0.2) is 4.79 Å². The third-order valence-electron chi connectivity index (χ3n) is 13.9. The zero-order valence-corrected chi connectivity index (χ0v) is 55.9. The molecule has 0 fully saturated rings. The number of rotatable bonds is 58. The first-order valence-corrected chi connectivity index (χ1v) is 32.0. The van der Waals surface area contributed by atoms with Crippen molar-refractivity contribution in [2.75, 3.05) is 152 Å². The highest BCUT2D eigenvalue weighted by Gasteiger charge is 2.29. The molecule has 0 heterocycles. The molecule has 0 aliphatic rings.